The molecule has 0 aromatic carbocycles. The van der Waals surface area contributed by atoms with E-state index in [0.29, 0.717) is 13.0 Å². The van der Waals surface area contributed by atoms with Gasteiger partial charge in [0, 0.05) is 31.5 Å². The number of nitrogens with zero attached hydrogens (tertiary/aromatic N) is 1. The predicted octanol–water partition coefficient (Wildman–Crippen LogP) is 0.0728. The van der Waals surface area contributed by atoms with E-state index in [4.69, 9.17) is 5.11 Å². The zero-order valence-corrected chi connectivity index (χ0v) is 9.63. The van der Waals surface area contributed by atoms with Gasteiger partial charge < -0.3 is 15.3 Å². The minimum absolute atomic E-state index is 0.0419. The van der Waals surface area contributed by atoms with Gasteiger partial charge in [-0.15, -0.1) is 0 Å². The average molecular weight is 202 g/mol. The lowest BCUT2D eigenvalue weighted by molar-refractivity contribution is -0.121. The molecule has 0 heterocycles. The Labute approximate surface area is 86.3 Å². The van der Waals surface area contributed by atoms with Gasteiger partial charge in [0.05, 0.1) is 0 Å². The Balaban J connectivity index is 3.64. The number of aliphatic hydroxyl groups is 1. The highest BCUT2D eigenvalue weighted by molar-refractivity contribution is 5.76. The number of amides is 1. The van der Waals surface area contributed by atoms with Crippen LogP contribution in [0.25, 0.3) is 0 Å². The van der Waals surface area contributed by atoms with Crippen molar-refractivity contribution < 1.29 is 9.90 Å². The maximum Gasteiger partial charge on any atom is 0.221 e. The number of hydrogen-bond donors (Lipinski definition) is 2. The third kappa shape index (κ3) is 6.86. The molecule has 0 atom stereocenters. The normalized spacial score (nSPS) is 11.9. The van der Waals surface area contributed by atoms with E-state index in [2.05, 4.69) is 5.32 Å². The van der Waals surface area contributed by atoms with Crippen LogP contribution in [0.5, 0.6) is 0 Å². The van der Waals surface area contributed by atoms with E-state index in [0.717, 1.165) is 6.54 Å². The lowest BCUT2D eigenvalue weighted by Crippen LogP contribution is -2.37. The summed E-state index contributed by atoms with van der Waals surface area (Å²) in [7, 11) is 3.87. The Bertz CT molecular complexity index is 179. The quantitative estimate of drug-likeness (QED) is 0.641. The molecule has 0 spiro atoms. The van der Waals surface area contributed by atoms with Crippen molar-refractivity contribution in [3.63, 3.8) is 0 Å². The van der Waals surface area contributed by atoms with E-state index in [-0.39, 0.29) is 17.9 Å². The van der Waals surface area contributed by atoms with Gasteiger partial charge in [0.25, 0.3) is 0 Å². The molecule has 14 heavy (non-hydrogen) atoms. The summed E-state index contributed by atoms with van der Waals surface area (Å²) in [6, 6.07) is 0. The number of aliphatic hydroxyl groups excluding tert-OH is 1. The molecule has 0 saturated heterocycles. The van der Waals surface area contributed by atoms with Crippen molar-refractivity contribution in [1.82, 2.24) is 10.2 Å². The van der Waals surface area contributed by atoms with E-state index in [9.17, 15) is 4.79 Å². The Morgan fingerprint density at radius 1 is 1.43 bits per heavy atom. The summed E-state index contributed by atoms with van der Waals surface area (Å²) in [6.07, 6.45) is 0.508. The first-order valence-electron chi connectivity index (χ1n) is 4.90. The van der Waals surface area contributed by atoms with Gasteiger partial charge in [0.2, 0.25) is 5.91 Å². The van der Waals surface area contributed by atoms with Crippen LogP contribution in [0, 0.1) is 5.41 Å². The van der Waals surface area contributed by atoms with Gasteiger partial charge in [-0.3, -0.25) is 4.79 Å². The molecular weight excluding hydrogens is 180 g/mol. The average Bonchev–Trinajstić information content (AvgIpc) is 2.11. The lowest BCUT2D eigenvalue weighted by Gasteiger charge is -2.22. The molecule has 0 bridgehead atoms. The number of carbonyl (C=O) groups is 1. The minimum atomic E-state index is -0.228. The molecule has 0 aromatic heterocycles. The van der Waals surface area contributed by atoms with Crippen LogP contribution >= 0.6 is 0 Å². The van der Waals surface area contributed by atoms with Crippen molar-refractivity contribution in [2.24, 2.45) is 5.41 Å². The van der Waals surface area contributed by atoms with Gasteiger partial charge in [-0.1, -0.05) is 13.8 Å². The molecule has 1 amide bonds. The fraction of sp³-hybridized carbons (Fsp3) is 0.900. The maximum atomic E-state index is 11.3. The Morgan fingerprint density at radius 2 is 2.00 bits per heavy atom. The van der Waals surface area contributed by atoms with Crippen molar-refractivity contribution >= 4 is 5.91 Å². The number of hydrogen-bond acceptors (Lipinski definition) is 3. The third-order valence-corrected chi connectivity index (χ3v) is 1.98. The van der Waals surface area contributed by atoms with E-state index in [1.165, 1.54) is 0 Å². The van der Waals surface area contributed by atoms with Gasteiger partial charge in [-0.2, -0.15) is 0 Å². The Hall–Kier alpha value is -0.610. The van der Waals surface area contributed by atoms with Crippen LogP contribution < -0.4 is 5.32 Å². The minimum Gasteiger partial charge on any atom is -0.396 e. The van der Waals surface area contributed by atoms with E-state index in [1.807, 2.05) is 32.8 Å². The van der Waals surface area contributed by atoms with E-state index in [1.54, 1.807) is 0 Å². The Morgan fingerprint density at radius 3 is 2.43 bits per heavy atom. The van der Waals surface area contributed by atoms with Crippen LogP contribution in [0.3, 0.4) is 0 Å². The van der Waals surface area contributed by atoms with Crippen LogP contribution in [0.4, 0.5) is 0 Å². The van der Waals surface area contributed by atoms with Crippen molar-refractivity contribution in [2.45, 2.75) is 20.3 Å². The second-order valence-corrected chi connectivity index (χ2v) is 4.65. The number of carbonyl (C=O) groups excluding carboxylic acids is 1. The highest BCUT2D eigenvalue weighted by atomic mass is 16.3. The Kier molecular flexibility index (Phi) is 5.72. The first kappa shape index (κ1) is 13.4. The molecule has 4 nitrogen and oxygen atoms in total. The molecule has 0 aliphatic heterocycles. The van der Waals surface area contributed by atoms with Gasteiger partial charge in [-0.25, -0.2) is 0 Å². The summed E-state index contributed by atoms with van der Waals surface area (Å²) in [5, 5.41) is 11.8. The topological polar surface area (TPSA) is 52.6 Å². The van der Waals surface area contributed by atoms with Crippen molar-refractivity contribution in [3.8, 4) is 0 Å². The van der Waals surface area contributed by atoms with E-state index < -0.39 is 0 Å². The van der Waals surface area contributed by atoms with Crippen molar-refractivity contribution in [1.29, 1.82) is 0 Å². The monoisotopic (exact) mass is 202 g/mol. The van der Waals surface area contributed by atoms with Gasteiger partial charge in [0.15, 0.2) is 0 Å². The van der Waals surface area contributed by atoms with Gasteiger partial charge >= 0.3 is 0 Å². The summed E-state index contributed by atoms with van der Waals surface area (Å²) < 4.78 is 0. The molecule has 2 N–H and O–H groups in total. The van der Waals surface area contributed by atoms with E-state index >= 15 is 0 Å². The highest BCUT2D eigenvalue weighted by Gasteiger charge is 2.17. The van der Waals surface area contributed by atoms with Crippen LogP contribution in [-0.4, -0.2) is 49.7 Å². The molecule has 0 rings (SSSR count). The predicted molar refractivity (Wildman–Crippen MR) is 57.0 cm³/mol. The smallest absolute Gasteiger partial charge is 0.221 e. The largest absolute Gasteiger partial charge is 0.396 e. The summed E-state index contributed by atoms with van der Waals surface area (Å²) in [6.45, 7) is 5.20. The number of rotatable bonds is 6. The molecule has 4 heteroatoms. The first-order chi connectivity index (χ1) is 6.37. The second kappa shape index (κ2) is 5.98. The summed E-state index contributed by atoms with van der Waals surface area (Å²) in [4.78, 5) is 13.3. The van der Waals surface area contributed by atoms with Crippen molar-refractivity contribution in [3.05, 3.63) is 0 Å². The number of nitrogens with one attached hydrogen (secondary N) is 1. The first-order valence-corrected chi connectivity index (χ1v) is 4.90. The molecule has 0 radical (unpaired) electrons. The maximum absolute atomic E-state index is 11.3. The standard InChI is InChI=1S/C10H22N2O2/c1-10(2,8-13)7-11-9(14)5-6-12(3)4/h13H,5-8H2,1-4H3,(H,11,14). The van der Waals surface area contributed by atoms with Gasteiger partial charge in [-0.05, 0) is 14.1 Å². The third-order valence-electron chi connectivity index (χ3n) is 1.98. The van der Waals surface area contributed by atoms with Gasteiger partial charge in [0.1, 0.15) is 0 Å². The molecule has 0 aromatic rings. The van der Waals surface area contributed by atoms with Crippen LogP contribution in [0.1, 0.15) is 20.3 Å². The molecule has 84 valence electrons. The molecular formula is C10H22N2O2. The molecule has 0 aliphatic rings. The second-order valence-electron chi connectivity index (χ2n) is 4.65. The summed E-state index contributed by atoms with van der Waals surface area (Å²) >= 11 is 0. The zero-order valence-electron chi connectivity index (χ0n) is 9.63. The van der Waals surface area contributed by atoms with Crippen molar-refractivity contribution in [2.75, 3.05) is 33.8 Å². The fourth-order valence-electron chi connectivity index (χ4n) is 0.807. The van der Waals surface area contributed by atoms with Crippen LogP contribution in [-0.2, 0) is 4.79 Å². The molecule has 0 aliphatic carbocycles. The fourth-order valence-corrected chi connectivity index (χ4v) is 0.807. The zero-order chi connectivity index (χ0) is 11.2. The molecule has 0 unspecified atom stereocenters. The van der Waals surface area contributed by atoms with Crippen LogP contribution in [0.15, 0.2) is 0 Å². The molecule has 0 saturated carbocycles. The summed E-state index contributed by atoms with van der Waals surface area (Å²) in [5.74, 6) is 0.0419. The SMILES string of the molecule is CN(C)CCC(=O)NCC(C)(C)CO. The lowest BCUT2D eigenvalue weighted by atomic mass is 9.95. The summed E-state index contributed by atoms with van der Waals surface area (Å²) in [5.41, 5.74) is -0.228. The highest BCUT2D eigenvalue weighted by Crippen LogP contribution is 2.10. The molecule has 0 fully saturated rings. The van der Waals surface area contributed by atoms with Crippen LogP contribution in [0.2, 0.25) is 0 Å².